The minimum Gasteiger partial charge on any atom is -0.458 e. The molecule has 9 nitrogen and oxygen atoms in total. The summed E-state index contributed by atoms with van der Waals surface area (Å²) in [6.45, 7) is 3.55. The zero-order chi connectivity index (χ0) is 38.9. The van der Waals surface area contributed by atoms with Gasteiger partial charge in [0.05, 0.1) is 13.2 Å². The molecule has 0 aliphatic heterocycles. The second-order valence-electron chi connectivity index (χ2n) is 13.9. The van der Waals surface area contributed by atoms with Crippen molar-refractivity contribution in [3.8, 4) is 0 Å². The first kappa shape index (κ1) is 51.0. The third-order valence-corrected chi connectivity index (χ3v) is 9.78. The summed E-state index contributed by atoms with van der Waals surface area (Å²) in [5, 5.41) is 0. The van der Waals surface area contributed by atoms with E-state index in [9.17, 15) is 19.0 Å². The lowest BCUT2D eigenvalue weighted by Crippen LogP contribution is -2.29. The van der Waals surface area contributed by atoms with Gasteiger partial charge in [-0.05, 0) is 44.9 Å². The molecule has 1 unspecified atom stereocenters. The van der Waals surface area contributed by atoms with E-state index in [1.807, 2.05) is 18.2 Å². The Hall–Kier alpha value is -2.03. The van der Waals surface area contributed by atoms with Crippen LogP contribution in [0, 0.1) is 0 Å². The molecule has 0 saturated carbocycles. The van der Waals surface area contributed by atoms with Crippen LogP contribution >= 0.6 is 7.82 Å². The molecule has 0 rings (SSSR count). The third kappa shape index (κ3) is 39.5. The number of phosphoric acid groups is 1. The lowest BCUT2D eigenvalue weighted by Gasteiger charge is -2.19. The lowest BCUT2D eigenvalue weighted by molar-refractivity contribution is -0.159. The fourth-order valence-electron chi connectivity index (χ4n) is 5.65. The van der Waals surface area contributed by atoms with Gasteiger partial charge in [0, 0.05) is 19.0 Å². The summed E-state index contributed by atoms with van der Waals surface area (Å²) in [7, 11) is -4.41. The smallest absolute Gasteiger partial charge is 0.458 e. The standard InChI is InChI=1S/C43H78NO8P/c1-3-5-7-9-11-13-15-17-19-20-22-24-26-28-30-32-34-36-43(46)52-41(40-51-53(47,48)50-38-37-44)39-49-42(45)35-33-31-29-27-25-23-21-18-16-14-12-10-8-6-4-2/h22,24,28-31,33,35,41H,3-21,23,25-27,32,34,36-40,44H2,1-2H3,(H,47,48)/b24-22+,30-28+,31-29+,35-33+/t41-/m1/s1. The predicted octanol–water partition coefficient (Wildman–Crippen LogP) is 11.9. The molecular formula is C43H78NO8P. The molecule has 0 radical (unpaired) electrons. The molecule has 53 heavy (non-hydrogen) atoms. The Morgan fingerprint density at radius 2 is 1.11 bits per heavy atom. The number of carbonyl (C=O) groups is 2. The van der Waals surface area contributed by atoms with E-state index in [0.717, 1.165) is 25.7 Å². The van der Waals surface area contributed by atoms with E-state index in [-0.39, 0.29) is 26.2 Å². The maximum atomic E-state index is 12.5. The van der Waals surface area contributed by atoms with E-state index < -0.39 is 32.5 Å². The average Bonchev–Trinajstić information content (AvgIpc) is 3.14. The van der Waals surface area contributed by atoms with E-state index in [0.29, 0.717) is 12.8 Å². The molecule has 0 spiro atoms. The van der Waals surface area contributed by atoms with Gasteiger partial charge in [-0.25, -0.2) is 9.36 Å². The Labute approximate surface area is 324 Å². The van der Waals surface area contributed by atoms with Crippen LogP contribution in [0.15, 0.2) is 48.6 Å². The van der Waals surface area contributed by atoms with Gasteiger partial charge in [0.1, 0.15) is 6.61 Å². The van der Waals surface area contributed by atoms with Crippen molar-refractivity contribution in [2.45, 2.75) is 187 Å². The van der Waals surface area contributed by atoms with Gasteiger partial charge in [-0.2, -0.15) is 0 Å². The van der Waals surface area contributed by atoms with Crippen LogP contribution < -0.4 is 5.73 Å². The first-order valence-electron chi connectivity index (χ1n) is 21.2. The maximum Gasteiger partial charge on any atom is 0.472 e. The number of esters is 2. The highest BCUT2D eigenvalue weighted by Gasteiger charge is 2.25. The molecule has 0 fully saturated rings. The zero-order valence-electron chi connectivity index (χ0n) is 33.7. The number of rotatable bonds is 39. The van der Waals surface area contributed by atoms with Crippen molar-refractivity contribution < 1.29 is 37.6 Å². The quantitative estimate of drug-likeness (QED) is 0.0156. The Morgan fingerprint density at radius 3 is 1.64 bits per heavy atom. The molecule has 0 heterocycles. The minimum absolute atomic E-state index is 0.0358. The molecule has 3 N–H and O–H groups in total. The largest absolute Gasteiger partial charge is 0.472 e. The fourth-order valence-corrected chi connectivity index (χ4v) is 6.41. The number of phosphoric ester groups is 1. The van der Waals surface area contributed by atoms with E-state index in [1.165, 1.54) is 128 Å². The molecular weight excluding hydrogens is 689 g/mol. The monoisotopic (exact) mass is 768 g/mol. The van der Waals surface area contributed by atoms with E-state index in [4.69, 9.17) is 24.3 Å². The van der Waals surface area contributed by atoms with Crippen LogP contribution in [0.2, 0.25) is 0 Å². The Bertz CT molecular complexity index is 1010. The van der Waals surface area contributed by atoms with Gasteiger partial charge in [0.25, 0.3) is 0 Å². The zero-order valence-corrected chi connectivity index (χ0v) is 34.6. The topological polar surface area (TPSA) is 134 Å². The molecule has 0 aliphatic rings. The second kappa shape index (κ2) is 39.7. The Balaban J connectivity index is 4.33. The number of hydrogen-bond donors (Lipinski definition) is 2. The van der Waals surface area contributed by atoms with Crippen molar-refractivity contribution >= 4 is 19.8 Å². The van der Waals surface area contributed by atoms with Gasteiger partial charge in [-0.15, -0.1) is 0 Å². The van der Waals surface area contributed by atoms with Crippen LogP contribution in [0.25, 0.3) is 0 Å². The van der Waals surface area contributed by atoms with Gasteiger partial charge < -0.3 is 20.1 Å². The van der Waals surface area contributed by atoms with Crippen LogP contribution in [-0.2, 0) is 32.7 Å². The summed E-state index contributed by atoms with van der Waals surface area (Å²) in [5.74, 6) is -1.13. The first-order valence-corrected chi connectivity index (χ1v) is 22.7. The van der Waals surface area contributed by atoms with Crippen LogP contribution in [0.4, 0.5) is 0 Å². The molecule has 308 valence electrons. The Kier molecular flexibility index (Phi) is 38.1. The van der Waals surface area contributed by atoms with E-state index in [2.05, 4.69) is 32.1 Å². The summed E-state index contributed by atoms with van der Waals surface area (Å²) in [6.07, 6.45) is 45.0. The molecule has 0 aromatic carbocycles. The summed E-state index contributed by atoms with van der Waals surface area (Å²) in [4.78, 5) is 34.7. The van der Waals surface area contributed by atoms with E-state index >= 15 is 0 Å². The molecule has 0 aromatic heterocycles. The van der Waals surface area contributed by atoms with E-state index in [1.54, 1.807) is 6.08 Å². The van der Waals surface area contributed by atoms with Gasteiger partial charge in [-0.3, -0.25) is 13.8 Å². The van der Waals surface area contributed by atoms with Crippen molar-refractivity contribution in [2.75, 3.05) is 26.4 Å². The number of nitrogens with two attached hydrogens (primary N) is 1. The average molecular weight is 768 g/mol. The molecule has 10 heteroatoms. The molecule has 0 bridgehead atoms. The summed E-state index contributed by atoms with van der Waals surface area (Å²) < 4.78 is 32.5. The maximum absolute atomic E-state index is 12.5. The molecule has 0 aromatic rings. The van der Waals surface area contributed by atoms with Gasteiger partial charge in [0.15, 0.2) is 6.10 Å². The molecule has 0 amide bonds. The number of unbranched alkanes of at least 4 members (excludes halogenated alkanes) is 21. The first-order chi connectivity index (χ1) is 25.8. The Morgan fingerprint density at radius 1 is 0.623 bits per heavy atom. The highest BCUT2D eigenvalue weighted by atomic mass is 31.2. The summed E-state index contributed by atoms with van der Waals surface area (Å²) in [5.41, 5.74) is 5.33. The van der Waals surface area contributed by atoms with Crippen LogP contribution in [0.1, 0.15) is 181 Å². The number of ether oxygens (including phenoxy) is 2. The SMILES string of the molecule is CCCCCCCCCCC/C=C/C/C=C/CCCC(=O)O[C@H](COC(=O)/C=C/C=C/CCCCCCCCCCCCC)COP(=O)(O)OCCN. The molecule has 0 aliphatic carbocycles. The van der Waals surface area contributed by atoms with Crippen molar-refractivity contribution in [3.63, 3.8) is 0 Å². The minimum atomic E-state index is -4.41. The lowest BCUT2D eigenvalue weighted by atomic mass is 10.1. The number of allylic oxidation sites excluding steroid dienone is 7. The molecule has 2 atom stereocenters. The number of carbonyl (C=O) groups excluding carboxylic acids is 2. The predicted molar refractivity (Wildman–Crippen MR) is 220 cm³/mol. The highest BCUT2D eigenvalue weighted by molar-refractivity contribution is 7.47. The second-order valence-corrected chi connectivity index (χ2v) is 15.4. The molecule has 0 saturated heterocycles. The summed E-state index contributed by atoms with van der Waals surface area (Å²) >= 11 is 0. The van der Waals surface area contributed by atoms with Crippen molar-refractivity contribution in [3.05, 3.63) is 48.6 Å². The van der Waals surface area contributed by atoms with Crippen LogP contribution in [0.5, 0.6) is 0 Å². The van der Waals surface area contributed by atoms with Gasteiger partial charge in [0.2, 0.25) is 0 Å². The van der Waals surface area contributed by atoms with Crippen LogP contribution in [0.3, 0.4) is 0 Å². The summed E-state index contributed by atoms with van der Waals surface area (Å²) in [6, 6.07) is 0. The van der Waals surface area contributed by atoms with Gasteiger partial charge in [-0.1, -0.05) is 172 Å². The van der Waals surface area contributed by atoms with Crippen molar-refractivity contribution in [2.24, 2.45) is 5.73 Å². The van der Waals surface area contributed by atoms with Crippen LogP contribution in [-0.4, -0.2) is 49.3 Å². The van der Waals surface area contributed by atoms with Gasteiger partial charge >= 0.3 is 19.8 Å². The number of hydrogen-bond acceptors (Lipinski definition) is 8. The highest BCUT2D eigenvalue weighted by Crippen LogP contribution is 2.43. The van der Waals surface area contributed by atoms with Crippen molar-refractivity contribution in [1.29, 1.82) is 0 Å². The normalized spacial score (nSPS) is 13.8. The van der Waals surface area contributed by atoms with Crippen molar-refractivity contribution in [1.82, 2.24) is 0 Å². The fraction of sp³-hybridized carbons (Fsp3) is 0.767. The third-order valence-electron chi connectivity index (χ3n) is 8.79.